The van der Waals surface area contributed by atoms with E-state index in [2.05, 4.69) is 100 Å². The quantitative estimate of drug-likeness (QED) is 0.498. The van der Waals surface area contributed by atoms with Gasteiger partial charge in [-0.3, -0.25) is 0 Å². The first-order chi connectivity index (χ1) is 10.9. The summed E-state index contributed by atoms with van der Waals surface area (Å²) in [4.78, 5) is 0. The predicted molar refractivity (Wildman–Crippen MR) is 101 cm³/mol. The van der Waals surface area contributed by atoms with Gasteiger partial charge in [-0.05, 0) is 45.7 Å². The molecule has 0 amide bonds. The Morgan fingerprint density at radius 3 is 1.74 bits per heavy atom. The molecular weight excluding hydrogens is 276 g/mol. The molecule has 0 heterocycles. The third kappa shape index (κ3) is 3.37. The summed E-state index contributed by atoms with van der Waals surface area (Å²) >= 11 is 0. The van der Waals surface area contributed by atoms with Gasteiger partial charge in [0.05, 0.1) is 0 Å². The Morgan fingerprint density at radius 2 is 1.17 bits per heavy atom. The molecule has 0 aliphatic rings. The number of hydrogen-bond donors (Lipinski definition) is 0. The highest BCUT2D eigenvalue weighted by Crippen LogP contribution is 2.30. The smallest absolute Gasteiger partial charge is 0.0132 e. The summed E-state index contributed by atoms with van der Waals surface area (Å²) in [7, 11) is 0. The van der Waals surface area contributed by atoms with Gasteiger partial charge in [-0.1, -0.05) is 93.6 Å². The zero-order valence-electron chi connectivity index (χ0n) is 14.4. The largest absolute Gasteiger partial charge is 0.0622 e. The molecule has 0 spiro atoms. The Hall–Kier alpha value is -2.34. The van der Waals surface area contributed by atoms with E-state index in [-0.39, 0.29) is 5.41 Å². The van der Waals surface area contributed by atoms with Gasteiger partial charge in [-0.25, -0.2) is 0 Å². The molecule has 0 bridgehead atoms. The van der Waals surface area contributed by atoms with Crippen molar-refractivity contribution in [3.63, 3.8) is 0 Å². The van der Waals surface area contributed by atoms with E-state index in [0.29, 0.717) is 0 Å². The van der Waals surface area contributed by atoms with Crippen LogP contribution in [0.5, 0.6) is 0 Å². The van der Waals surface area contributed by atoms with Crippen molar-refractivity contribution >= 4 is 0 Å². The topological polar surface area (TPSA) is 0 Å². The van der Waals surface area contributed by atoms with E-state index in [1.165, 1.54) is 33.4 Å². The SMILES string of the molecule is Cc1cc(C(C)(C)C)ccc1-c1ccc(-c2ccccc2)cc1. The van der Waals surface area contributed by atoms with Crippen LogP contribution in [0, 0.1) is 6.92 Å². The van der Waals surface area contributed by atoms with Gasteiger partial charge in [0.2, 0.25) is 0 Å². The van der Waals surface area contributed by atoms with Gasteiger partial charge in [0, 0.05) is 0 Å². The summed E-state index contributed by atoms with van der Waals surface area (Å²) in [6, 6.07) is 26.2. The molecule has 0 N–H and O–H groups in total. The van der Waals surface area contributed by atoms with Crippen molar-refractivity contribution in [2.24, 2.45) is 0 Å². The van der Waals surface area contributed by atoms with Crippen LogP contribution < -0.4 is 0 Å². The lowest BCUT2D eigenvalue weighted by Crippen LogP contribution is -2.11. The summed E-state index contributed by atoms with van der Waals surface area (Å²) in [6.45, 7) is 8.98. The van der Waals surface area contributed by atoms with Gasteiger partial charge >= 0.3 is 0 Å². The highest BCUT2D eigenvalue weighted by atomic mass is 14.2. The number of aryl methyl sites for hydroxylation is 1. The van der Waals surface area contributed by atoms with E-state index in [1.807, 2.05) is 0 Å². The second-order valence-corrected chi connectivity index (χ2v) is 7.22. The molecule has 0 atom stereocenters. The van der Waals surface area contributed by atoms with Crippen molar-refractivity contribution in [2.45, 2.75) is 33.1 Å². The first-order valence-corrected chi connectivity index (χ1v) is 8.22. The Kier molecular flexibility index (Phi) is 4.09. The Morgan fingerprint density at radius 1 is 0.609 bits per heavy atom. The van der Waals surface area contributed by atoms with Crippen LogP contribution in [0.3, 0.4) is 0 Å². The van der Waals surface area contributed by atoms with Gasteiger partial charge in [0.25, 0.3) is 0 Å². The maximum absolute atomic E-state index is 2.32. The summed E-state index contributed by atoms with van der Waals surface area (Å²) in [5, 5.41) is 0. The minimum absolute atomic E-state index is 0.195. The van der Waals surface area contributed by atoms with Gasteiger partial charge in [0.1, 0.15) is 0 Å². The lowest BCUT2D eigenvalue weighted by Gasteiger charge is -2.20. The molecule has 0 heteroatoms. The molecule has 3 aromatic carbocycles. The van der Waals surface area contributed by atoms with Crippen LogP contribution in [0.2, 0.25) is 0 Å². The van der Waals surface area contributed by atoms with Crippen molar-refractivity contribution in [3.05, 3.63) is 83.9 Å². The van der Waals surface area contributed by atoms with Crippen molar-refractivity contribution < 1.29 is 0 Å². The molecule has 3 rings (SSSR count). The zero-order valence-corrected chi connectivity index (χ0v) is 14.4. The first kappa shape index (κ1) is 15.6. The van der Waals surface area contributed by atoms with Crippen molar-refractivity contribution in [1.29, 1.82) is 0 Å². The normalized spacial score (nSPS) is 11.5. The van der Waals surface area contributed by atoms with Crippen LogP contribution in [0.25, 0.3) is 22.3 Å². The summed E-state index contributed by atoms with van der Waals surface area (Å²) < 4.78 is 0. The van der Waals surface area contributed by atoms with E-state index in [1.54, 1.807) is 0 Å². The highest BCUT2D eigenvalue weighted by molar-refractivity contribution is 5.72. The molecule has 0 saturated heterocycles. The van der Waals surface area contributed by atoms with Crippen LogP contribution in [0.15, 0.2) is 72.8 Å². The fraction of sp³-hybridized carbons (Fsp3) is 0.217. The third-order valence-electron chi connectivity index (χ3n) is 4.40. The average Bonchev–Trinajstić information content (AvgIpc) is 2.55. The zero-order chi connectivity index (χ0) is 16.4. The molecule has 0 nitrogen and oxygen atoms in total. The van der Waals surface area contributed by atoms with Crippen LogP contribution in [0.1, 0.15) is 31.9 Å². The molecule has 0 radical (unpaired) electrons. The molecular formula is C23H24. The fourth-order valence-electron chi connectivity index (χ4n) is 2.93. The van der Waals surface area contributed by atoms with Crippen molar-refractivity contribution in [1.82, 2.24) is 0 Å². The summed E-state index contributed by atoms with van der Waals surface area (Å²) in [6.07, 6.45) is 0. The lowest BCUT2D eigenvalue weighted by molar-refractivity contribution is 0.590. The standard InChI is InChI=1S/C23H24/c1-17-16-21(23(2,3)4)14-15-22(17)20-12-10-19(11-13-20)18-8-6-5-7-9-18/h5-16H,1-4H3. The van der Waals surface area contributed by atoms with Gasteiger partial charge in [-0.2, -0.15) is 0 Å². The number of rotatable bonds is 2. The van der Waals surface area contributed by atoms with Crippen LogP contribution in [-0.4, -0.2) is 0 Å². The maximum Gasteiger partial charge on any atom is -0.0132 e. The number of benzene rings is 3. The summed E-state index contributed by atoms with van der Waals surface area (Å²) in [5.74, 6) is 0. The molecule has 0 fully saturated rings. The van der Waals surface area contributed by atoms with Gasteiger partial charge in [0.15, 0.2) is 0 Å². The summed E-state index contributed by atoms with van der Waals surface area (Å²) in [5.41, 5.74) is 8.04. The van der Waals surface area contributed by atoms with E-state index >= 15 is 0 Å². The first-order valence-electron chi connectivity index (χ1n) is 8.22. The average molecular weight is 300 g/mol. The Balaban J connectivity index is 1.94. The minimum atomic E-state index is 0.195. The van der Waals surface area contributed by atoms with Gasteiger partial charge in [-0.15, -0.1) is 0 Å². The van der Waals surface area contributed by atoms with E-state index < -0.39 is 0 Å². The van der Waals surface area contributed by atoms with Crippen LogP contribution >= 0.6 is 0 Å². The molecule has 23 heavy (non-hydrogen) atoms. The molecule has 0 unspecified atom stereocenters. The molecule has 0 aliphatic heterocycles. The Labute approximate surface area is 139 Å². The van der Waals surface area contributed by atoms with Crippen LogP contribution in [0.4, 0.5) is 0 Å². The highest BCUT2D eigenvalue weighted by Gasteiger charge is 2.14. The maximum atomic E-state index is 2.32. The molecule has 0 saturated carbocycles. The number of hydrogen-bond acceptors (Lipinski definition) is 0. The molecule has 0 aromatic heterocycles. The van der Waals surface area contributed by atoms with Crippen molar-refractivity contribution in [2.75, 3.05) is 0 Å². The Bertz CT molecular complexity index is 788. The monoisotopic (exact) mass is 300 g/mol. The minimum Gasteiger partial charge on any atom is -0.0622 e. The molecule has 0 aliphatic carbocycles. The van der Waals surface area contributed by atoms with Crippen molar-refractivity contribution in [3.8, 4) is 22.3 Å². The predicted octanol–water partition coefficient (Wildman–Crippen LogP) is 6.63. The van der Waals surface area contributed by atoms with Crippen LogP contribution in [-0.2, 0) is 5.41 Å². The van der Waals surface area contributed by atoms with E-state index in [4.69, 9.17) is 0 Å². The third-order valence-corrected chi connectivity index (χ3v) is 4.40. The van der Waals surface area contributed by atoms with E-state index in [9.17, 15) is 0 Å². The second-order valence-electron chi connectivity index (χ2n) is 7.22. The fourth-order valence-corrected chi connectivity index (χ4v) is 2.93. The molecule has 116 valence electrons. The lowest BCUT2D eigenvalue weighted by atomic mass is 9.84. The molecule has 3 aromatic rings. The van der Waals surface area contributed by atoms with E-state index in [0.717, 1.165) is 0 Å². The second kappa shape index (κ2) is 6.04. The van der Waals surface area contributed by atoms with Gasteiger partial charge < -0.3 is 0 Å².